The molecule has 1 aromatic rings. The van der Waals surface area contributed by atoms with Crippen molar-refractivity contribution in [2.24, 2.45) is 0 Å². The standard InChI is InChI=1S/C12H11ClFNO3S/c1-6(16)15-9(12(17)18)5-19-11(15)10-7(13)3-2-4-8(10)14/h2-4,9,11H,5H2,1H3,(H,17,18)/t9-,11-/m0/s1. The van der Waals surface area contributed by atoms with Crippen LogP contribution in [0.3, 0.4) is 0 Å². The lowest BCUT2D eigenvalue weighted by molar-refractivity contribution is -0.148. The molecule has 0 radical (unpaired) electrons. The summed E-state index contributed by atoms with van der Waals surface area (Å²) in [5, 5.41) is 8.59. The first-order valence-electron chi connectivity index (χ1n) is 5.50. The van der Waals surface area contributed by atoms with Gasteiger partial charge < -0.3 is 10.0 Å². The Morgan fingerprint density at radius 1 is 1.53 bits per heavy atom. The first-order chi connectivity index (χ1) is 8.93. The molecule has 1 heterocycles. The van der Waals surface area contributed by atoms with Crippen LogP contribution in [-0.2, 0) is 9.59 Å². The largest absolute Gasteiger partial charge is 0.480 e. The summed E-state index contributed by atoms with van der Waals surface area (Å²) in [6.45, 7) is 1.27. The number of carbonyl (C=O) groups is 2. The Hall–Kier alpha value is -1.27. The highest BCUT2D eigenvalue weighted by molar-refractivity contribution is 7.99. The Morgan fingerprint density at radius 3 is 2.74 bits per heavy atom. The van der Waals surface area contributed by atoms with Crippen molar-refractivity contribution in [2.75, 3.05) is 5.75 Å². The summed E-state index contributed by atoms with van der Waals surface area (Å²) < 4.78 is 13.9. The molecule has 0 spiro atoms. The van der Waals surface area contributed by atoms with Crippen molar-refractivity contribution in [3.63, 3.8) is 0 Å². The predicted molar refractivity (Wildman–Crippen MR) is 70.6 cm³/mol. The number of nitrogens with zero attached hydrogens (tertiary/aromatic N) is 1. The Bertz CT molecular complexity index is 519. The molecule has 102 valence electrons. The fourth-order valence-corrected chi connectivity index (χ4v) is 3.91. The number of hydrogen-bond donors (Lipinski definition) is 1. The molecule has 7 heteroatoms. The minimum Gasteiger partial charge on any atom is -0.480 e. The molecule has 0 saturated carbocycles. The van der Waals surface area contributed by atoms with E-state index in [0.29, 0.717) is 0 Å². The average molecular weight is 304 g/mol. The van der Waals surface area contributed by atoms with Gasteiger partial charge in [-0.1, -0.05) is 17.7 Å². The van der Waals surface area contributed by atoms with E-state index in [4.69, 9.17) is 16.7 Å². The zero-order valence-corrected chi connectivity index (χ0v) is 11.5. The number of thioether (sulfide) groups is 1. The fourth-order valence-electron chi connectivity index (χ4n) is 2.05. The van der Waals surface area contributed by atoms with Gasteiger partial charge in [-0.2, -0.15) is 0 Å². The molecular weight excluding hydrogens is 293 g/mol. The molecule has 4 nitrogen and oxygen atoms in total. The third-order valence-corrected chi connectivity index (χ3v) is 4.51. The van der Waals surface area contributed by atoms with Crippen molar-refractivity contribution in [3.05, 3.63) is 34.6 Å². The van der Waals surface area contributed by atoms with Crippen molar-refractivity contribution >= 4 is 35.2 Å². The molecule has 1 saturated heterocycles. The van der Waals surface area contributed by atoms with Gasteiger partial charge in [0.15, 0.2) is 0 Å². The van der Waals surface area contributed by atoms with E-state index in [1.54, 1.807) is 0 Å². The summed E-state index contributed by atoms with van der Waals surface area (Å²) in [7, 11) is 0. The van der Waals surface area contributed by atoms with Gasteiger partial charge in [-0.3, -0.25) is 4.79 Å². The quantitative estimate of drug-likeness (QED) is 0.912. The molecule has 0 unspecified atom stereocenters. The number of carboxylic acids is 1. The zero-order valence-electron chi connectivity index (χ0n) is 9.97. The van der Waals surface area contributed by atoms with Gasteiger partial charge in [-0.25, -0.2) is 9.18 Å². The number of amides is 1. The second-order valence-corrected chi connectivity index (χ2v) is 5.62. The van der Waals surface area contributed by atoms with Crippen LogP contribution in [-0.4, -0.2) is 33.7 Å². The Kier molecular flexibility index (Phi) is 4.01. The second-order valence-electron chi connectivity index (χ2n) is 4.10. The van der Waals surface area contributed by atoms with Crippen LogP contribution in [0.15, 0.2) is 18.2 Å². The van der Waals surface area contributed by atoms with Crippen molar-refractivity contribution in [1.29, 1.82) is 0 Å². The van der Waals surface area contributed by atoms with E-state index in [0.717, 1.165) is 4.90 Å². The molecule has 2 atom stereocenters. The number of halogens is 2. The number of hydrogen-bond acceptors (Lipinski definition) is 3. The van der Waals surface area contributed by atoms with Crippen LogP contribution in [0.25, 0.3) is 0 Å². The molecule has 1 aliphatic heterocycles. The first-order valence-corrected chi connectivity index (χ1v) is 6.93. The van der Waals surface area contributed by atoms with E-state index in [1.165, 1.54) is 36.9 Å². The minimum absolute atomic E-state index is 0.160. The molecule has 0 aliphatic carbocycles. The maximum atomic E-state index is 13.9. The SMILES string of the molecule is CC(=O)N1[C@H](C(=O)O)CS[C@H]1c1c(F)cccc1Cl. The molecule has 1 N–H and O–H groups in total. The van der Waals surface area contributed by atoms with Gasteiger partial charge in [0.05, 0.1) is 0 Å². The van der Waals surface area contributed by atoms with Gasteiger partial charge in [0, 0.05) is 23.3 Å². The van der Waals surface area contributed by atoms with Gasteiger partial charge >= 0.3 is 5.97 Å². The van der Waals surface area contributed by atoms with Crippen LogP contribution in [0.5, 0.6) is 0 Å². The molecule has 1 aliphatic rings. The van der Waals surface area contributed by atoms with E-state index in [9.17, 15) is 14.0 Å². The fraction of sp³-hybridized carbons (Fsp3) is 0.333. The number of carboxylic acid groups (broad SMARTS) is 1. The lowest BCUT2D eigenvalue weighted by atomic mass is 10.1. The normalized spacial score (nSPS) is 22.6. The summed E-state index contributed by atoms with van der Waals surface area (Å²) in [4.78, 5) is 23.9. The van der Waals surface area contributed by atoms with Crippen LogP contribution in [0.4, 0.5) is 4.39 Å². The number of rotatable bonds is 2. The molecule has 2 rings (SSSR count). The van der Waals surface area contributed by atoms with E-state index in [2.05, 4.69) is 0 Å². The van der Waals surface area contributed by atoms with E-state index in [-0.39, 0.29) is 16.3 Å². The van der Waals surface area contributed by atoms with Crippen LogP contribution in [0.1, 0.15) is 17.9 Å². The lowest BCUT2D eigenvalue weighted by Gasteiger charge is -2.27. The predicted octanol–water partition coefficient (Wildman–Crippen LogP) is 2.53. The smallest absolute Gasteiger partial charge is 0.327 e. The van der Waals surface area contributed by atoms with E-state index >= 15 is 0 Å². The summed E-state index contributed by atoms with van der Waals surface area (Å²) in [5.41, 5.74) is 0.160. The molecule has 1 fully saturated rings. The summed E-state index contributed by atoms with van der Waals surface area (Å²) in [5.74, 6) is -1.84. The molecule has 1 aromatic carbocycles. The number of benzene rings is 1. The van der Waals surface area contributed by atoms with Crippen molar-refractivity contribution in [3.8, 4) is 0 Å². The number of aliphatic carboxylic acids is 1. The highest BCUT2D eigenvalue weighted by Gasteiger charge is 2.42. The highest BCUT2D eigenvalue weighted by atomic mass is 35.5. The van der Waals surface area contributed by atoms with Crippen LogP contribution in [0.2, 0.25) is 5.02 Å². The topological polar surface area (TPSA) is 57.6 Å². The van der Waals surface area contributed by atoms with Gasteiger partial charge in [0.2, 0.25) is 5.91 Å². The Balaban J connectivity index is 2.45. The first kappa shape index (κ1) is 14.1. The molecule has 1 amide bonds. The van der Waals surface area contributed by atoms with E-state index < -0.39 is 29.1 Å². The number of carbonyl (C=O) groups excluding carboxylic acids is 1. The summed E-state index contributed by atoms with van der Waals surface area (Å²) >= 11 is 7.16. The maximum absolute atomic E-state index is 13.9. The molecule has 0 aromatic heterocycles. The monoisotopic (exact) mass is 303 g/mol. The van der Waals surface area contributed by atoms with Crippen molar-refractivity contribution < 1.29 is 19.1 Å². The average Bonchev–Trinajstić information content (AvgIpc) is 2.73. The molecule has 0 bridgehead atoms. The van der Waals surface area contributed by atoms with Crippen molar-refractivity contribution in [1.82, 2.24) is 4.90 Å². The van der Waals surface area contributed by atoms with E-state index in [1.807, 2.05) is 0 Å². The van der Waals surface area contributed by atoms with Gasteiger partial charge in [-0.15, -0.1) is 11.8 Å². The van der Waals surface area contributed by atoms with Crippen LogP contribution < -0.4 is 0 Å². The van der Waals surface area contributed by atoms with Crippen molar-refractivity contribution in [2.45, 2.75) is 18.3 Å². The van der Waals surface area contributed by atoms with Gasteiger partial charge in [-0.05, 0) is 12.1 Å². The van der Waals surface area contributed by atoms with Crippen LogP contribution in [0, 0.1) is 5.82 Å². The van der Waals surface area contributed by atoms with Gasteiger partial charge in [0.1, 0.15) is 17.2 Å². The Labute approximate surface area is 118 Å². The minimum atomic E-state index is -1.10. The second kappa shape index (κ2) is 5.38. The molecule has 19 heavy (non-hydrogen) atoms. The van der Waals surface area contributed by atoms with Crippen LogP contribution >= 0.6 is 23.4 Å². The molecular formula is C12H11ClFNO3S. The third kappa shape index (κ3) is 2.55. The summed E-state index contributed by atoms with van der Waals surface area (Å²) in [6, 6.07) is 3.28. The maximum Gasteiger partial charge on any atom is 0.327 e. The summed E-state index contributed by atoms with van der Waals surface area (Å²) in [6.07, 6.45) is 0. The van der Waals surface area contributed by atoms with Gasteiger partial charge in [0.25, 0.3) is 0 Å². The third-order valence-electron chi connectivity index (χ3n) is 2.90. The Morgan fingerprint density at radius 2 is 2.21 bits per heavy atom. The zero-order chi connectivity index (χ0) is 14.2. The highest BCUT2D eigenvalue weighted by Crippen LogP contribution is 2.44. The lowest BCUT2D eigenvalue weighted by Crippen LogP contribution is -2.41.